The SMILES string of the molecule is CN(C)S(=O)(=O)c1ccc(SCCC(N)=O)nc1. The van der Waals surface area contributed by atoms with Gasteiger partial charge in [-0.3, -0.25) is 4.79 Å². The lowest BCUT2D eigenvalue weighted by Crippen LogP contribution is -2.22. The minimum absolute atomic E-state index is 0.145. The van der Waals surface area contributed by atoms with Crippen molar-refractivity contribution >= 4 is 27.7 Å². The summed E-state index contributed by atoms with van der Waals surface area (Å²) in [5, 5.41) is 0.661. The highest BCUT2D eigenvalue weighted by atomic mass is 32.2. The van der Waals surface area contributed by atoms with Gasteiger partial charge in [-0.2, -0.15) is 0 Å². The molecule has 0 aromatic carbocycles. The fourth-order valence-electron chi connectivity index (χ4n) is 1.07. The van der Waals surface area contributed by atoms with E-state index >= 15 is 0 Å². The number of pyridine rings is 1. The molecule has 0 saturated carbocycles. The van der Waals surface area contributed by atoms with Gasteiger partial charge >= 0.3 is 0 Å². The van der Waals surface area contributed by atoms with Crippen molar-refractivity contribution in [2.75, 3.05) is 19.8 Å². The largest absolute Gasteiger partial charge is 0.370 e. The maximum Gasteiger partial charge on any atom is 0.244 e. The number of sulfonamides is 1. The number of hydrogen-bond acceptors (Lipinski definition) is 5. The molecule has 0 radical (unpaired) electrons. The molecular formula is C10H15N3O3S2. The zero-order chi connectivity index (χ0) is 13.8. The average Bonchev–Trinajstić information content (AvgIpc) is 2.29. The summed E-state index contributed by atoms with van der Waals surface area (Å²) in [7, 11) is -0.514. The molecule has 1 aromatic heterocycles. The molecule has 1 aromatic rings. The van der Waals surface area contributed by atoms with Crippen molar-refractivity contribution in [1.82, 2.24) is 9.29 Å². The Hall–Kier alpha value is -1.12. The molecule has 0 atom stereocenters. The summed E-state index contributed by atoms with van der Waals surface area (Å²) >= 11 is 1.36. The van der Waals surface area contributed by atoms with E-state index in [4.69, 9.17) is 5.73 Å². The molecule has 1 amide bonds. The molecule has 0 saturated heterocycles. The summed E-state index contributed by atoms with van der Waals surface area (Å²) in [6.45, 7) is 0. The van der Waals surface area contributed by atoms with Crippen molar-refractivity contribution in [1.29, 1.82) is 0 Å². The first kappa shape index (κ1) is 14.9. The molecule has 0 aliphatic rings. The summed E-state index contributed by atoms with van der Waals surface area (Å²) in [5.41, 5.74) is 5.01. The van der Waals surface area contributed by atoms with E-state index in [2.05, 4.69) is 4.98 Å². The lowest BCUT2D eigenvalue weighted by Gasteiger charge is -2.10. The van der Waals surface area contributed by atoms with Gasteiger partial charge in [0.05, 0.1) is 5.03 Å². The van der Waals surface area contributed by atoms with Gasteiger partial charge in [0.15, 0.2) is 0 Å². The highest BCUT2D eigenvalue weighted by molar-refractivity contribution is 7.99. The summed E-state index contributed by atoms with van der Waals surface area (Å²) in [6.07, 6.45) is 1.58. The smallest absolute Gasteiger partial charge is 0.244 e. The normalized spacial score (nSPS) is 11.7. The lowest BCUT2D eigenvalue weighted by molar-refractivity contribution is -0.117. The van der Waals surface area contributed by atoms with Crippen LogP contribution in [0.2, 0.25) is 0 Å². The maximum absolute atomic E-state index is 11.8. The standard InChI is InChI=1S/C10H15N3O3S2/c1-13(2)18(15,16)8-3-4-10(12-7-8)17-6-5-9(11)14/h3-4,7H,5-6H2,1-2H3,(H2,11,14). The van der Waals surface area contributed by atoms with Crippen LogP contribution in [-0.2, 0) is 14.8 Å². The molecule has 0 spiro atoms. The van der Waals surface area contributed by atoms with Gasteiger partial charge in [0, 0.05) is 32.5 Å². The summed E-state index contributed by atoms with van der Waals surface area (Å²) in [6, 6.07) is 3.11. The number of primary amides is 1. The van der Waals surface area contributed by atoms with E-state index in [0.29, 0.717) is 10.8 Å². The first-order chi connectivity index (χ1) is 8.34. The number of aromatic nitrogens is 1. The van der Waals surface area contributed by atoms with Crippen molar-refractivity contribution < 1.29 is 13.2 Å². The Morgan fingerprint density at radius 2 is 2.11 bits per heavy atom. The van der Waals surface area contributed by atoms with Gasteiger partial charge in [-0.15, -0.1) is 11.8 Å². The van der Waals surface area contributed by atoms with Crippen LogP contribution in [0.15, 0.2) is 28.3 Å². The molecule has 18 heavy (non-hydrogen) atoms. The molecule has 0 unspecified atom stereocenters. The highest BCUT2D eigenvalue weighted by Crippen LogP contribution is 2.19. The van der Waals surface area contributed by atoms with Gasteiger partial charge in [0.2, 0.25) is 15.9 Å². The van der Waals surface area contributed by atoms with Crippen LogP contribution in [-0.4, -0.2) is 43.5 Å². The number of carbonyl (C=O) groups excluding carboxylic acids is 1. The summed E-state index contributed by atoms with van der Waals surface area (Å²) in [5.74, 6) is 0.163. The third-order valence-electron chi connectivity index (χ3n) is 2.09. The van der Waals surface area contributed by atoms with Crippen LogP contribution >= 0.6 is 11.8 Å². The fraction of sp³-hybridized carbons (Fsp3) is 0.400. The maximum atomic E-state index is 11.8. The van der Waals surface area contributed by atoms with E-state index in [1.54, 1.807) is 6.07 Å². The Bertz CT molecular complexity index is 512. The fourth-order valence-corrected chi connectivity index (χ4v) is 2.72. The summed E-state index contributed by atoms with van der Waals surface area (Å²) < 4.78 is 24.7. The molecule has 1 rings (SSSR count). The molecule has 0 fully saturated rings. The molecule has 8 heteroatoms. The Labute approximate surface area is 111 Å². The van der Waals surface area contributed by atoms with Gasteiger partial charge in [-0.05, 0) is 12.1 Å². The zero-order valence-corrected chi connectivity index (χ0v) is 11.8. The van der Waals surface area contributed by atoms with Crippen LogP contribution in [0, 0.1) is 0 Å². The van der Waals surface area contributed by atoms with E-state index in [0.717, 1.165) is 4.31 Å². The Balaban J connectivity index is 2.72. The third kappa shape index (κ3) is 3.97. The molecule has 1 heterocycles. The molecule has 100 valence electrons. The Morgan fingerprint density at radius 3 is 2.56 bits per heavy atom. The number of rotatable bonds is 6. The van der Waals surface area contributed by atoms with Gasteiger partial charge in [-0.25, -0.2) is 17.7 Å². The first-order valence-electron chi connectivity index (χ1n) is 5.13. The minimum atomic E-state index is -3.44. The van der Waals surface area contributed by atoms with Crippen molar-refractivity contribution in [3.63, 3.8) is 0 Å². The molecule has 0 aliphatic heterocycles. The quantitative estimate of drug-likeness (QED) is 0.760. The minimum Gasteiger partial charge on any atom is -0.370 e. The Kier molecular flexibility index (Phi) is 5.12. The van der Waals surface area contributed by atoms with E-state index < -0.39 is 10.0 Å². The van der Waals surface area contributed by atoms with Crippen molar-refractivity contribution in [2.24, 2.45) is 5.73 Å². The van der Waals surface area contributed by atoms with Crippen LogP contribution in [0.25, 0.3) is 0 Å². The third-order valence-corrected chi connectivity index (χ3v) is 4.83. The number of thioether (sulfide) groups is 1. The zero-order valence-electron chi connectivity index (χ0n) is 10.2. The van der Waals surface area contributed by atoms with Crippen molar-refractivity contribution in [2.45, 2.75) is 16.3 Å². The summed E-state index contributed by atoms with van der Waals surface area (Å²) in [4.78, 5) is 14.7. The van der Waals surface area contributed by atoms with Gasteiger partial charge in [0.1, 0.15) is 4.90 Å². The van der Waals surface area contributed by atoms with Crippen LogP contribution in [0.1, 0.15) is 6.42 Å². The van der Waals surface area contributed by atoms with Crippen LogP contribution in [0.5, 0.6) is 0 Å². The van der Waals surface area contributed by atoms with Gasteiger partial charge in [-0.1, -0.05) is 0 Å². The van der Waals surface area contributed by atoms with Crippen LogP contribution < -0.4 is 5.73 Å². The van der Waals surface area contributed by atoms with Gasteiger partial charge in [0.25, 0.3) is 0 Å². The Morgan fingerprint density at radius 1 is 1.44 bits per heavy atom. The van der Waals surface area contributed by atoms with E-state index in [9.17, 15) is 13.2 Å². The number of amides is 1. The predicted molar refractivity (Wildman–Crippen MR) is 69.6 cm³/mol. The van der Waals surface area contributed by atoms with Crippen LogP contribution in [0.4, 0.5) is 0 Å². The van der Waals surface area contributed by atoms with E-state index in [1.807, 2.05) is 0 Å². The van der Waals surface area contributed by atoms with Crippen molar-refractivity contribution in [3.05, 3.63) is 18.3 Å². The predicted octanol–water partition coefficient (Wildman–Crippen LogP) is 0.299. The second-order valence-electron chi connectivity index (χ2n) is 3.68. The monoisotopic (exact) mass is 289 g/mol. The average molecular weight is 289 g/mol. The van der Waals surface area contributed by atoms with E-state index in [-0.39, 0.29) is 17.2 Å². The van der Waals surface area contributed by atoms with Crippen molar-refractivity contribution in [3.8, 4) is 0 Å². The topological polar surface area (TPSA) is 93.4 Å². The lowest BCUT2D eigenvalue weighted by atomic mass is 10.5. The second-order valence-corrected chi connectivity index (χ2v) is 6.95. The molecule has 6 nitrogen and oxygen atoms in total. The van der Waals surface area contributed by atoms with Crippen LogP contribution in [0.3, 0.4) is 0 Å². The molecule has 0 aliphatic carbocycles. The first-order valence-corrected chi connectivity index (χ1v) is 7.56. The number of nitrogens with zero attached hydrogens (tertiary/aromatic N) is 2. The number of hydrogen-bond donors (Lipinski definition) is 1. The molecule has 2 N–H and O–H groups in total. The molecule has 0 bridgehead atoms. The highest BCUT2D eigenvalue weighted by Gasteiger charge is 2.17. The molecular weight excluding hydrogens is 274 g/mol. The number of nitrogens with two attached hydrogens (primary N) is 1. The van der Waals surface area contributed by atoms with E-state index in [1.165, 1.54) is 38.1 Å². The van der Waals surface area contributed by atoms with Gasteiger partial charge < -0.3 is 5.73 Å². The second kappa shape index (κ2) is 6.17. The number of carbonyl (C=O) groups is 1.